The fraction of sp³-hybridized carbons (Fsp3) is 0.667. The van der Waals surface area contributed by atoms with E-state index in [1.807, 2.05) is 6.20 Å². The Labute approximate surface area is 67.0 Å². The first-order chi connectivity index (χ1) is 5.40. The highest BCUT2D eigenvalue weighted by Gasteiger charge is 2.17. The third-order valence-electron chi connectivity index (χ3n) is 2.70. The summed E-state index contributed by atoms with van der Waals surface area (Å²) >= 11 is 0. The molecule has 1 aromatic heterocycles. The number of hydrogen-bond donors (Lipinski definition) is 1. The van der Waals surface area contributed by atoms with E-state index in [2.05, 4.69) is 17.1 Å². The predicted molar refractivity (Wildman–Crippen MR) is 44.4 cm³/mol. The van der Waals surface area contributed by atoms with Gasteiger partial charge >= 0.3 is 0 Å². The molecule has 60 valence electrons. The average Bonchev–Trinajstić information content (AvgIpc) is 2.50. The normalized spacial score (nSPS) is 23.2. The molecule has 1 atom stereocenters. The Morgan fingerprint density at radius 3 is 3.45 bits per heavy atom. The second kappa shape index (κ2) is 2.68. The number of nitrogens with one attached hydrogen (secondary N) is 1. The van der Waals surface area contributed by atoms with E-state index in [1.165, 1.54) is 36.9 Å². The van der Waals surface area contributed by atoms with E-state index in [0.717, 1.165) is 5.92 Å². The van der Waals surface area contributed by atoms with Crippen LogP contribution in [0.4, 0.5) is 0 Å². The lowest BCUT2D eigenvalue weighted by Gasteiger charge is -2.19. The quantitative estimate of drug-likeness (QED) is 0.651. The SMILES string of the molecule is CC[C@H]1CCc2[nH]ncc2C1. The van der Waals surface area contributed by atoms with E-state index in [0.29, 0.717) is 0 Å². The van der Waals surface area contributed by atoms with Crippen molar-refractivity contribution in [3.63, 3.8) is 0 Å². The van der Waals surface area contributed by atoms with Crippen molar-refractivity contribution in [1.82, 2.24) is 10.2 Å². The lowest BCUT2D eigenvalue weighted by atomic mass is 9.86. The maximum Gasteiger partial charge on any atom is 0.0522 e. The zero-order chi connectivity index (χ0) is 7.68. The molecule has 0 bridgehead atoms. The van der Waals surface area contributed by atoms with Crippen LogP contribution in [-0.2, 0) is 12.8 Å². The lowest BCUT2D eigenvalue weighted by molar-refractivity contribution is 0.442. The minimum Gasteiger partial charge on any atom is -0.282 e. The van der Waals surface area contributed by atoms with Gasteiger partial charge in [0, 0.05) is 5.69 Å². The van der Waals surface area contributed by atoms with Crippen molar-refractivity contribution in [2.24, 2.45) is 5.92 Å². The monoisotopic (exact) mass is 150 g/mol. The molecule has 0 saturated heterocycles. The first-order valence-electron chi connectivity index (χ1n) is 4.41. The topological polar surface area (TPSA) is 28.7 Å². The number of rotatable bonds is 1. The standard InChI is InChI=1S/C9H14N2/c1-2-7-3-4-9-8(5-7)6-10-11-9/h6-7H,2-5H2,1H3,(H,10,11)/t7-/m0/s1. The van der Waals surface area contributed by atoms with Gasteiger partial charge in [0.2, 0.25) is 0 Å². The second-order valence-corrected chi connectivity index (χ2v) is 3.39. The number of hydrogen-bond acceptors (Lipinski definition) is 1. The van der Waals surface area contributed by atoms with Gasteiger partial charge in [0.05, 0.1) is 6.20 Å². The van der Waals surface area contributed by atoms with Crippen LogP contribution >= 0.6 is 0 Å². The van der Waals surface area contributed by atoms with Crippen molar-refractivity contribution in [2.75, 3.05) is 0 Å². The van der Waals surface area contributed by atoms with Crippen molar-refractivity contribution >= 4 is 0 Å². The van der Waals surface area contributed by atoms with Gasteiger partial charge < -0.3 is 0 Å². The van der Waals surface area contributed by atoms with E-state index in [-0.39, 0.29) is 0 Å². The molecule has 11 heavy (non-hydrogen) atoms. The Kier molecular flexibility index (Phi) is 1.68. The molecular formula is C9H14N2. The molecule has 0 amide bonds. The first kappa shape index (κ1) is 6.89. The smallest absolute Gasteiger partial charge is 0.0522 e. The number of H-pyrrole nitrogens is 1. The van der Waals surface area contributed by atoms with E-state index in [9.17, 15) is 0 Å². The molecule has 1 aliphatic rings. The highest BCUT2D eigenvalue weighted by atomic mass is 15.1. The third-order valence-corrected chi connectivity index (χ3v) is 2.70. The van der Waals surface area contributed by atoms with E-state index >= 15 is 0 Å². The Morgan fingerprint density at radius 2 is 2.64 bits per heavy atom. The summed E-state index contributed by atoms with van der Waals surface area (Å²) in [5, 5.41) is 7.10. The fourth-order valence-corrected chi connectivity index (χ4v) is 1.84. The van der Waals surface area contributed by atoms with Crippen molar-refractivity contribution in [1.29, 1.82) is 0 Å². The minimum atomic E-state index is 0.903. The zero-order valence-electron chi connectivity index (χ0n) is 6.93. The maximum atomic E-state index is 4.05. The number of aromatic amines is 1. The van der Waals surface area contributed by atoms with Crippen molar-refractivity contribution < 1.29 is 0 Å². The molecule has 0 aromatic carbocycles. The highest BCUT2D eigenvalue weighted by molar-refractivity contribution is 5.19. The summed E-state index contributed by atoms with van der Waals surface area (Å²) in [5.41, 5.74) is 2.82. The van der Waals surface area contributed by atoms with Gasteiger partial charge in [0.15, 0.2) is 0 Å². The van der Waals surface area contributed by atoms with Crippen LogP contribution < -0.4 is 0 Å². The Balaban J connectivity index is 2.18. The van der Waals surface area contributed by atoms with Crippen LogP contribution in [0.5, 0.6) is 0 Å². The Bertz CT molecular complexity index is 239. The van der Waals surface area contributed by atoms with Gasteiger partial charge in [-0.1, -0.05) is 13.3 Å². The van der Waals surface area contributed by atoms with Gasteiger partial charge in [-0.3, -0.25) is 5.10 Å². The largest absolute Gasteiger partial charge is 0.282 e. The zero-order valence-corrected chi connectivity index (χ0v) is 6.93. The molecule has 1 N–H and O–H groups in total. The number of aromatic nitrogens is 2. The molecule has 0 saturated carbocycles. The molecule has 0 unspecified atom stereocenters. The molecule has 0 spiro atoms. The number of fused-ring (bicyclic) bond motifs is 1. The molecule has 0 aliphatic heterocycles. The predicted octanol–water partition coefficient (Wildman–Crippen LogP) is 1.92. The minimum absolute atomic E-state index is 0.903. The summed E-state index contributed by atoms with van der Waals surface area (Å²) in [6, 6.07) is 0. The molecule has 1 aromatic rings. The lowest BCUT2D eigenvalue weighted by Crippen LogP contribution is -2.12. The second-order valence-electron chi connectivity index (χ2n) is 3.39. The summed E-state index contributed by atoms with van der Waals surface area (Å²) < 4.78 is 0. The number of nitrogens with zero attached hydrogens (tertiary/aromatic N) is 1. The van der Waals surface area contributed by atoms with E-state index < -0.39 is 0 Å². The van der Waals surface area contributed by atoms with E-state index in [1.54, 1.807) is 0 Å². The summed E-state index contributed by atoms with van der Waals surface area (Å²) in [6.07, 6.45) is 7.07. The molecule has 0 fully saturated rings. The van der Waals surface area contributed by atoms with Crippen molar-refractivity contribution in [3.8, 4) is 0 Å². The maximum absolute atomic E-state index is 4.05. The van der Waals surface area contributed by atoms with Gasteiger partial charge in [-0.15, -0.1) is 0 Å². The molecule has 2 rings (SSSR count). The molecule has 0 radical (unpaired) electrons. The average molecular weight is 150 g/mol. The summed E-state index contributed by atoms with van der Waals surface area (Å²) in [7, 11) is 0. The summed E-state index contributed by atoms with van der Waals surface area (Å²) in [5.74, 6) is 0.903. The molecule has 1 aliphatic carbocycles. The number of aryl methyl sites for hydroxylation is 1. The van der Waals surface area contributed by atoms with Crippen LogP contribution in [-0.4, -0.2) is 10.2 Å². The van der Waals surface area contributed by atoms with Crippen molar-refractivity contribution in [3.05, 3.63) is 17.5 Å². The first-order valence-corrected chi connectivity index (χ1v) is 4.41. The molecule has 2 nitrogen and oxygen atoms in total. The van der Waals surface area contributed by atoms with Gasteiger partial charge in [-0.05, 0) is 30.7 Å². The molecular weight excluding hydrogens is 136 g/mol. The van der Waals surface area contributed by atoms with Crippen LogP contribution in [0, 0.1) is 5.92 Å². The summed E-state index contributed by atoms with van der Waals surface area (Å²) in [6.45, 7) is 2.27. The molecule has 1 heterocycles. The van der Waals surface area contributed by atoms with Gasteiger partial charge in [-0.25, -0.2) is 0 Å². The van der Waals surface area contributed by atoms with Gasteiger partial charge in [0.1, 0.15) is 0 Å². The van der Waals surface area contributed by atoms with Crippen molar-refractivity contribution in [2.45, 2.75) is 32.6 Å². The fourth-order valence-electron chi connectivity index (χ4n) is 1.84. The van der Waals surface area contributed by atoms with Gasteiger partial charge in [-0.2, -0.15) is 5.10 Å². The van der Waals surface area contributed by atoms with Crippen LogP contribution in [0.25, 0.3) is 0 Å². The highest BCUT2D eigenvalue weighted by Crippen LogP contribution is 2.25. The van der Waals surface area contributed by atoms with Gasteiger partial charge in [0.25, 0.3) is 0 Å². The van der Waals surface area contributed by atoms with Crippen LogP contribution in [0.2, 0.25) is 0 Å². The third kappa shape index (κ3) is 1.17. The van der Waals surface area contributed by atoms with Crippen LogP contribution in [0.15, 0.2) is 6.20 Å². The Hall–Kier alpha value is -0.790. The summed E-state index contributed by atoms with van der Waals surface area (Å²) in [4.78, 5) is 0. The van der Waals surface area contributed by atoms with Crippen LogP contribution in [0.1, 0.15) is 31.0 Å². The molecule has 2 heteroatoms. The van der Waals surface area contributed by atoms with Crippen LogP contribution in [0.3, 0.4) is 0 Å². The Morgan fingerprint density at radius 1 is 1.73 bits per heavy atom. The van der Waals surface area contributed by atoms with E-state index in [4.69, 9.17) is 0 Å².